The number of carbonyl (C=O) groups is 1. The third kappa shape index (κ3) is 4.43. The number of carbonyl (C=O) groups excluding carboxylic acids is 1. The summed E-state index contributed by atoms with van der Waals surface area (Å²) in [5.74, 6) is -0.0505. The van der Waals surface area contributed by atoms with Crippen molar-refractivity contribution in [3.05, 3.63) is 89.6 Å². The van der Waals surface area contributed by atoms with Gasteiger partial charge in [0.15, 0.2) is 0 Å². The van der Waals surface area contributed by atoms with Crippen molar-refractivity contribution in [2.45, 2.75) is 24.7 Å². The molecule has 2 bridgehead atoms. The van der Waals surface area contributed by atoms with Gasteiger partial charge in [-0.1, -0.05) is 48.5 Å². The molecule has 4 N–H and O–H groups in total. The summed E-state index contributed by atoms with van der Waals surface area (Å²) in [6.45, 7) is 1.34. The average molecular weight is 496 g/mol. The first-order chi connectivity index (χ1) is 18.1. The third-order valence-electron chi connectivity index (χ3n) is 6.67. The standard InChI is InChI=1S/C27H25N7O3/c28-23(20-10-6-12-30-25(20)34-14-18-13-17(34)15-36-18)37-27(29)33-24-26(35)31-21-11-5-4-9-19(21)22(32-24)16-7-2-1-3-8-16/h1-12,17-18,24,28H,13-15H2,(H2,29,33)(H,31,35)/t17-,18-,24?/m0/s1. The zero-order valence-corrected chi connectivity index (χ0v) is 19.8. The van der Waals surface area contributed by atoms with E-state index < -0.39 is 18.1 Å². The van der Waals surface area contributed by atoms with Gasteiger partial charge in [0.2, 0.25) is 12.1 Å². The molecular formula is C27H25N7O3. The van der Waals surface area contributed by atoms with Gasteiger partial charge in [-0.15, -0.1) is 0 Å². The molecule has 2 fully saturated rings. The average Bonchev–Trinajstić information content (AvgIpc) is 3.53. The van der Waals surface area contributed by atoms with Crippen LogP contribution in [0.25, 0.3) is 0 Å². The number of ether oxygens (including phenoxy) is 2. The lowest BCUT2D eigenvalue weighted by atomic mass is 10.0. The number of amides is 1. The van der Waals surface area contributed by atoms with Crippen molar-refractivity contribution in [3.63, 3.8) is 0 Å². The highest BCUT2D eigenvalue weighted by molar-refractivity contribution is 6.19. The molecule has 3 aliphatic heterocycles. The maximum atomic E-state index is 13.0. The molecule has 0 aliphatic carbocycles. The Kier molecular flexibility index (Phi) is 5.85. The van der Waals surface area contributed by atoms with Crippen LogP contribution in [0.15, 0.2) is 77.9 Å². The number of morpholine rings is 1. The minimum atomic E-state index is -1.14. The van der Waals surface area contributed by atoms with Gasteiger partial charge in [0.1, 0.15) is 5.82 Å². The molecule has 0 spiro atoms. The predicted octanol–water partition coefficient (Wildman–Crippen LogP) is 2.74. The van der Waals surface area contributed by atoms with Crippen LogP contribution in [0.1, 0.15) is 23.1 Å². The van der Waals surface area contributed by atoms with Crippen molar-refractivity contribution in [1.82, 2.24) is 10.3 Å². The number of para-hydroxylation sites is 1. The second-order valence-electron chi connectivity index (χ2n) is 9.06. The van der Waals surface area contributed by atoms with Gasteiger partial charge in [-0.25, -0.2) is 9.98 Å². The number of amidine groups is 1. The van der Waals surface area contributed by atoms with Gasteiger partial charge in [-0.2, -0.15) is 0 Å². The van der Waals surface area contributed by atoms with E-state index in [1.165, 1.54) is 0 Å². The molecule has 4 heterocycles. The summed E-state index contributed by atoms with van der Waals surface area (Å²) in [4.78, 5) is 24.3. The highest BCUT2D eigenvalue weighted by Gasteiger charge is 2.40. The number of benzene rings is 2. The zero-order valence-electron chi connectivity index (χ0n) is 19.8. The lowest BCUT2D eigenvalue weighted by molar-refractivity contribution is -0.117. The molecule has 3 atom stereocenters. The Hall–Kier alpha value is -4.57. The Balaban J connectivity index is 1.22. The van der Waals surface area contributed by atoms with Gasteiger partial charge in [0.05, 0.1) is 35.7 Å². The number of pyridine rings is 1. The quantitative estimate of drug-likeness (QED) is 0.325. The maximum Gasteiger partial charge on any atom is 0.290 e. The fourth-order valence-corrected chi connectivity index (χ4v) is 4.95. The van der Waals surface area contributed by atoms with Crippen LogP contribution in [-0.2, 0) is 14.3 Å². The van der Waals surface area contributed by atoms with E-state index in [4.69, 9.17) is 20.3 Å². The first-order valence-corrected chi connectivity index (χ1v) is 12.1. The zero-order chi connectivity index (χ0) is 25.4. The predicted molar refractivity (Wildman–Crippen MR) is 139 cm³/mol. The molecule has 3 aliphatic rings. The highest BCUT2D eigenvalue weighted by atomic mass is 16.5. The number of nitrogens with one attached hydrogen (secondary N) is 4. The number of hydrogen-bond acceptors (Lipinski definition) is 8. The Morgan fingerprint density at radius 2 is 1.89 bits per heavy atom. The summed E-state index contributed by atoms with van der Waals surface area (Å²) in [7, 11) is 0. The number of rotatable bonds is 4. The summed E-state index contributed by atoms with van der Waals surface area (Å²) in [5, 5.41) is 22.5. The Morgan fingerprint density at radius 3 is 2.68 bits per heavy atom. The molecule has 6 rings (SSSR count). The van der Waals surface area contributed by atoms with Gasteiger partial charge in [0.25, 0.3) is 11.9 Å². The molecule has 0 saturated carbocycles. The van der Waals surface area contributed by atoms with Gasteiger partial charge in [-0.05, 0) is 24.6 Å². The molecule has 1 aromatic heterocycles. The SMILES string of the molecule is N=C(NC1N=C(c2ccccc2)c2ccccc2NC1=O)OC(=N)c1cccnc1N1C[C@@H]2C[C@H]1CO2. The van der Waals surface area contributed by atoms with Crippen molar-refractivity contribution in [2.75, 3.05) is 23.4 Å². The number of aliphatic imine (C=N–C) groups is 1. The number of hydrogen-bond donors (Lipinski definition) is 4. The molecule has 10 heteroatoms. The first-order valence-electron chi connectivity index (χ1n) is 12.1. The molecule has 2 aromatic carbocycles. The van der Waals surface area contributed by atoms with Gasteiger partial charge in [0, 0.05) is 23.9 Å². The molecule has 186 valence electrons. The lowest BCUT2D eigenvalue weighted by Crippen LogP contribution is -2.43. The van der Waals surface area contributed by atoms with Crippen LogP contribution in [0.5, 0.6) is 0 Å². The number of anilines is 2. The van der Waals surface area contributed by atoms with E-state index in [1.54, 1.807) is 18.3 Å². The molecule has 1 unspecified atom stereocenters. The van der Waals surface area contributed by atoms with Gasteiger partial charge < -0.3 is 25.0 Å². The Labute approximate surface area is 213 Å². The van der Waals surface area contributed by atoms with Crippen LogP contribution >= 0.6 is 0 Å². The van der Waals surface area contributed by atoms with Crippen molar-refractivity contribution in [2.24, 2.45) is 4.99 Å². The number of aromatic nitrogens is 1. The normalized spacial score (nSPS) is 21.9. The van der Waals surface area contributed by atoms with E-state index in [-0.39, 0.29) is 18.0 Å². The van der Waals surface area contributed by atoms with Crippen LogP contribution in [0.2, 0.25) is 0 Å². The van der Waals surface area contributed by atoms with Crippen LogP contribution in [0.4, 0.5) is 11.5 Å². The molecule has 37 heavy (non-hydrogen) atoms. The monoisotopic (exact) mass is 495 g/mol. The third-order valence-corrected chi connectivity index (χ3v) is 6.67. The molecule has 1 amide bonds. The van der Waals surface area contributed by atoms with Crippen LogP contribution in [-0.4, -0.2) is 60.0 Å². The highest BCUT2D eigenvalue weighted by Crippen LogP contribution is 2.33. The van der Waals surface area contributed by atoms with Crippen LogP contribution in [0.3, 0.4) is 0 Å². The van der Waals surface area contributed by atoms with Gasteiger partial charge in [-0.3, -0.25) is 15.6 Å². The fraction of sp³-hybridized carbons (Fsp3) is 0.222. The fourth-order valence-electron chi connectivity index (χ4n) is 4.95. The summed E-state index contributed by atoms with van der Waals surface area (Å²) < 4.78 is 11.2. The lowest BCUT2D eigenvalue weighted by Gasteiger charge is -2.29. The largest absolute Gasteiger partial charge is 0.407 e. The van der Waals surface area contributed by atoms with Crippen molar-refractivity contribution in [3.8, 4) is 0 Å². The minimum absolute atomic E-state index is 0.171. The molecule has 2 saturated heterocycles. The summed E-state index contributed by atoms with van der Waals surface area (Å²) in [6, 6.07) is 20.2. The topological polar surface area (TPSA) is 136 Å². The van der Waals surface area contributed by atoms with Crippen molar-refractivity contribution >= 4 is 35.0 Å². The molecule has 10 nitrogen and oxygen atoms in total. The van der Waals surface area contributed by atoms with E-state index in [9.17, 15) is 4.79 Å². The Morgan fingerprint density at radius 1 is 1.08 bits per heavy atom. The first kappa shape index (κ1) is 22.9. The smallest absolute Gasteiger partial charge is 0.290 e. The van der Waals surface area contributed by atoms with E-state index in [0.29, 0.717) is 35.9 Å². The Bertz CT molecular complexity index is 1410. The second kappa shape index (κ2) is 9.47. The minimum Gasteiger partial charge on any atom is -0.407 e. The van der Waals surface area contributed by atoms with Gasteiger partial charge >= 0.3 is 0 Å². The van der Waals surface area contributed by atoms with Crippen LogP contribution in [0, 0.1) is 10.8 Å². The summed E-state index contributed by atoms with van der Waals surface area (Å²) in [5.41, 5.74) is 3.31. The number of fused-ring (bicyclic) bond motifs is 3. The van der Waals surface area contributed by atoms with Crippen molar-refractivity contribution < 1.29 is 14.3 Å². The summed E-state index contributed by atoms with van der Waals surface area (Å²) >= 11 is 0. The van der Waals surface area contributed by atoms with E-state index >= 15 is 0 Å². The summed E-state index contributed by atoms with van der Waals surface area (Å²) in [6.07, 6.45) is 1.64. The number of nitrogens with zero attached hydrogens (tertiary/aromatic N) is 3. The molecular weight excluding hydrogens is 470 g/mol. The van der Waals surface area contributed by atoms with Crippen LogP contribution < -0.4 is 15.5 Å². The second-order valence-corrected chi connectivity index (χ2v) is 9.06. The molecule has 0 radical (unpaired) electrons. The van der Waals surface area contributed by atoms with E-state index in [2.05, 4.69) is 25.5 Å². The van der Waals surface area contributed by atoms with E-state index in [1.807, 2.05) is 54.6 Å². The maximum absolute atomic E-state index is 13.0. The molecule has 3 aromatic rings. The van der Waals surface area contributed by atoms with Crippen molar-refractivity contribution in [1.29, 1.82) is 10.8 Å². The van der Waals surface area contributed by atoms with E-state index in [0.717, 1.165) is 17.5 Å². The number of benzodiazepines with no additional fused rings is 1.